The second kappa shape index (κ2) is 10.6. The first-order valence-electron chi connectivity index (χ1n) is 12.0. The molecule has 1 amide bonds. The molecule has 1 aromatic rings. The number of hydrogen-bond acceptors (Lipinski definition) is 5. The summed E-state index contributed by atoms with van der Waals surface area (Å²) < 4.78 is 11.7. The second-order valence-electron chi connectivity index (χ2n) is 9.31. The minimum atomic E-state index is 0.0989. The van der Waals surface area contributed by atoms with Crippen molar-refractivity contribution in [1.29, 1.82) is 0 Å². The molecule has 3 aliphatic rings. The lowest BCUT2D eigenvalue weighted by Gasteiger charge is -2.35. The van der Waals surface area contributed by atoms with E-state index in [4.69, 9.17) is 9.47 Å². The van der Waals surface area contributed by atoms with Gasteiger partial charge in [-0.05, 0) is 67.3 Å². The highest BCUT2D eigenvalue weighted by Gasteiger charge is 2.32. The third-order valence-electron chi connectivity index (χ3n) is 7.43. The number of carbonyl (C=O) groups is 1. The first kappa shape index (κ1) is 22.9. The van der Waals surface area contributed by atoms with Crippen molar-refractivity contribution in [2.75, 3.05) is 64.1 Å². The van der Waals surface area contributed by atoms with E-state index in [1.165, 1.54) is 22.3 Å². The summed E-state index contributed by atoms with van der Waals surface area (Å²) in [6.07, 6.45) is 3.19. The number of benzene rings is 1. The Kier molecular flexibility index (Phi) is 7.83. The molecule has 0 unspecified atom stereocenters. The molecule has 6 heteroatoms. The maximum absolute atomic E-state index is 13.1. The average molecular weight is 447 g/mol. The largest absolute Gasteiger partial charge is 0.492 e. The number of carbonyl (C=O) groups excluding carboxylic acids is 1. The molecule has 2 fully saturated rings. The van der Waals surface area contributed by atoms with Crippen LogP contribution in [0.15, 0.2) is 6.07 Å². The van der Waals surface area contributed by atoms with E-state index in [1.807, 2.05) is 11.8 Å². The van der Waals surface area contributed by atoms with Crippen LogP contribution in [0.25, 0.3) is 0 Å². The minimum Gasteiger partial charge on any atom is -0.492 e. The molecule has 0 saturated carbocycles. The van der Waals surface area contributed by atoms with Crippen LogP contribution in [0.2, 0.25) is 0 Å². The predicted molar refractivity (Wildman–Crippen MR) is 127 cm³/mol. The lowest BCUT2D eigenvalue weighted by atomic mass is 9.74. The molecular formula is C25H38N2O3S. The quantitative estimate of drug-likeness (QED) is 0.671. The number of aryl methyl sites for hydroxylation is 1. The fraction of sp³-hybridized carbons (Fsp3) is 0.720. The van der Waals surface area contributed by atoms with Crippen molar-refractivity contribution in [2.45, 2.75) is 40.0 Å². The van der Waals surface area contributed by atoms with Crippen molar-refractivity contribution < 1.29 is 14.3 Å². The SMILES string of the molecule is Cc1cc(OCCN2CCOCC2)c(C)c2c1CC[C@@H]([C@H](C)C(=O)N1CCSCC1)C2. The molecule has 0 aromatic heterocycles. The van der Waals surface area contributed by atoms with Crippen molar-refractivity contribution in [3.63, 3.8) is 0 Å². The molecule has 172 valence electrons. The summed E-state index contributed by atoms with van der Waals surface area (Å²) in [6, 6.07) is 2.23. The molecule has 0 N–H and O–H groups in total. The fourth-order valence-electron chi connectivity index (χ4n) is 5.28. The van der Waals surface area contributed by atoms with Crippen LogP contribution in [0.5, 0.6) is 5.75 Å². The van der Waals surface area contributed by atoms with Crippen LogP contribution in [0.1, 0.15) is 35.6 Å². The molecule has 0 spiro atoms. The molecule has 1 aromatic carbocycles. The van der Waals surface area contributed by atoms with Crippen LogP contribution >= 0.6 is 11.8 Å². The zero-order valence-electron chi connectivity index (χ0n) is 19.5. The number of nitrogens with zero attached hydrogens (tertiary/aromatic N) is 2. The Bertz CT molecular complexity index is 773. The van der Waals surface area contributed by atoms with Crippen LogP contribution in [-0.2, 0) is 22.4 Å². The number of morpholine rings is 1. The van der Waals surface area contributed by atoms with Crippen molar-refractivity contribution >= 4 is 17.7 Å². The van der Waals surface area contributed by atoms with Crippen LogP contribution in [0, 0.1) is 25.7 Å². The smallest absolute Gasteiger partial charge is 0.225 e. The van der Waals surface area contributed by atoms with E-state index in [9.17, 15) is 4.79 Å². The third kappa shape index (κ3) is 5.40. The van der Waals surface area contributed by atoms with E-state index >= 15 is 0 Å². The van der Waals surface area contributed by atoms with Crippen molar-refractivity contribution in [1.82, 2.24) is 9.80 Å². The van der Waals surface area contributed by atoms with Crippen molar-refractivity contribution in [3.8, 4) is 5.75 Å². The van der Waals surface area contributed by atoms with Gasteiger partial charge in [0, 0.05) is 50.1 Å². The van der Waals surface area contributed by atoms with Gasteiger partial charge in [-0.15, -0.1) is 0 Å². The third-order valence-corrected chi connectivity index (χ3v) is 8.37. The number of thioether (sulfide) groups is 1. The van der Waals surface area contributed by atoms with Crippen LogP contribution < -0.4 is 4.74 Å². The van der Waals surface area contributed by atoms with Gasteiger partial charge >= 0.3 is 0 Å². The summed E-state index contributed by atoms with van der Waals surface area (Å²) in [5.74, 6) is 4.07. The highest BCUT2D eigenvalue weighted by Crippen LogP contribution is 2.38. The van der Waals surface area contributed by atoms with Crippen LogP contribution in [0.3, 0.4) is 0 Å². The van der Waals surface area contributed by atoms with Gasteiger partial charge in [-0.1, -0.05) is 6.92 Å². The summed E-state index contributed by atoms with van der Waals surface area (Å²) in [5.41, 5.74) is 5.54. The molecule has 4 rings (SSSR count). The maximum Gasteiger partial charge on any atom is 0.225 e. The molecule has 5 nitrogen and oxygen atoms in total. The maximum atomic E-state index is 13.1. The van der Waals surface area contributed by atoms with Gasteiger partial charge in [0.2, 0.25) is 5.91 Å². The number of hydrogen-bond donors (Lipinski definition) is 0. The van der Waals surface area contributed by atoms with Gasteiger partial charge in [0.25, 0.3) is 0 Å². The van der Waals surface area contributed by atoms with E-state index < -0.39 is 0 Å². The zero-order valence-corrected chi connectivity index (χ0v) is 20.3. The topological polar surface area (TPSA) is 42.0 Å². The highest BCUT2D eigenvalue weighted by atomic mass is 32.2. The summed E-state index contributed by atoms with van der Waals surface area (Å²) in [6.45, 7) is 13.7. The van der Waals surface area contributed by atoms with E-state index in [0.29, 0.717) is 18.4 Å². The molecule has 0 bridgehead atoms. The lowest BCUT2D eigenvalue weighted by Crippen LogP contribution is -2.43. The lowest BCUT2D eigenvalue weighted by molar-refractivity contribution is -0.136. The van der Waals surface area contributed by atoms with Gasteiger partial charge in [-0.3, -0.25) is 9.69 Å². The Morgan fingerprint density at radius 2 is 1.94 bits per heavy atom. The second-order valence-corrected chi connectivity index (χ2v) is 10.5. The number of amides is 1. The number of ether oxygens (including phenoxy) is 2. The van der Waals surface area contributed by atoms with Gasteiger partial charge in [-0.2, -0.15) is 11.8 Å². The molecule has 0 radical (unpaired) electrons. The minimum absolute atomic E-state index is 0.0989. The van der Waals surface area contributed by atoms with Crippen LogP contribution in [0.4, 0.5) is 0 Å². The van der Waals surface area contributed by atoms with E-state index in [0.717, 1.165) is 82.5 Å². The average Bonchev–Trinajstić information content (AvgIpc) is 2.82. The van der Waals surface area contributed by atoms with Crippen molar-refractivity contribution in [2.24, 2.45) is 11.8 Å². The fourth-order valence-corrected chi connectivity index (χ4v) is 6.19. The molecule has 2 heterocycles. The molecular weight excluding hydrogens is 408 g/mol. The Morgan fingerprint density at radius 3 is 2.68 bits per heavy atom. The summed E-state index contributed by atoms with van der Waals surface area (Å²) >= 11 is 1.96. The first-order valence-corrected chi connectivity index (χ1v) is 13.1. The van der Waals surface area contributed by atoms with E-state index in [-0.39, 0.29) is 5.92 Å². The Balaban J connectivity index is 1.41. The monoisotopic (exact) mass is 446 g/mol. The van der Waals surface area contributed by atoms with Gasteiger partial charge in [0.05, 0.1) is 13.2 Å². The highest BCUT2D eigenvalue weighted by molar-refractivity contribution is 7.99. The van der Waals surface area contributed by atoms with E-state index in [2.05, 4.69) is 36.6 Å². The molecule has 2 atom stereocenters. The summed E-state index contributed by atoms with van der Waals surface area (Å²) in [7, 11) is 0. The standard InChI is InChI=1S/C25H38N2O3S/c1-18-16-24(30-13-8-26-6-11-29-12-7-26)20(3)23-17-21(4-5-22(18)23)19(2)25(28)27-9-14-31-15-10-27/h16,19,21H,4-15,17H2,1-3H3/t19-,21+/m0/s1. The van der Waals surface area contributed by atoms with Gasteiger partial charge in [0.1, 0.15) is 12.4 Å². The molecule has 1 aliphatic carbocycles. The number of rotatable bonds is 6. The van der Waals surface area contributed by atoms with Gasteiger partial charge in [-0.25, -0.2) is 0 Å². The Labute approximate surface area is 191 Å². The van der Waals surface area contributed by atoms with E-state index in [1.54, 1.807) is 0 Å². The summed E-state index contributed by atoms with van der Waals surface area (Å²) in [4.78, 5) is 17.6. The Morgan fingerprint density at radius 1 is 1.19 bits per heavy atom. The van der Waals surface area contributed by atoms with Gasteiger partial charge in [0.15, 0.2) is 0 Å². The van der Waals surface area contributed by atoms with Crippen LogP contribution in [-0.4, -0.2) is 79.8 Å². The molecule has 2 saturated heterocycles. The number of fused-ring (bicyclic) bond motifs is 1. The van der Waals surface area contributed by atoms with Gasteiger partial charge < -0.3 is 14.4 Å². The normalized spacial score (nSPS) is 23.3. The Hall–Kier alpha value is -1.24. The molecule has 2 aliphatic heterocycles. The zero-order chi connectivity index (χ0) is 21.8. The predicted octanol–water partition coefficient (Wildman–Crippen LogP) is 3.33. The first-order chi connectivity index (χ1) is 15.0. The summed E-state index contributed by atoms with van der Waals surface area (Å²) in [5, 5.41) is 0. The van der Waals surface area contributed by atoms with Crippen molar-refractivity contribution in [3.05, 3.63) is 28.3 Å². The molecule has 31 heavy (non-hydrogen) atoms.